The average molecular weight is 281 g/mol. The maximum absolute atomic E-state index is 10.6. The van der Waals surface area contributed by atoms with E-state index in [-0.39, 0.29) is 5.69 Å². The Kier molecular flexibility index (Phi) is 4.13. The van der Waals surface area contributed by atoms with Crippen LogP contribution in [0.3, 0.4) is 0 Å². The summed E-state index contributed by atoms with van der Waals surface area (Å²) in [6, 6.07) is 6.39. The molecule has 2 aromatic rings. The van der Waals surface area contributed by atoms with E-state index in [9.17, 15) is 10.1 Å². The lowest BCUT2D eigenvalue weighted by atomic mass is 10.2. The van der Waals surface area contributed by atoms with Crippen molar-refractivity contribution >= 4 is 17.3 Å². The van der Waals surface area contributed by atoms with Gasteiger partial charge in [-0.2, -0.15) is 5.10 Å². The van der Waals surface area contributed by atoms with Gasteiger partial charge in [0.2, 0.25) is 0 Å². The van der Waals surface area contributed by atoms with E-state index in [0.29, 0.717) is 18.1 Å². The highest BCUT2D eigenvalue weighted by Gasteiger charge is 2.09. The van der Waals surface area contributed by atoms with Crippen LogP contribution in [0.2, 0.25) is 5.02 Å². The predicted molar refractivity (Wildman–Crippen MR) is 71.9 cm³/mol. The first-order chi connectivity index (χ1) is 9.06. The van der Waals surface area contributed by atoms with E-state index in [1.165, 1.54) is 12.1 Å². The van der Waals surface area contributed by atoms with Gasteiger partial charge in [0.25, 0.3) is 5.69 Å². The molecule has 100 valence electrons. The second kappa shape index (κ2) is 5.81. The molecule has 0 unspecified atom stereocenters. The number of hydrogen-bond acceptors (Lipinski definition) is 4. The molecule has 0 radical (unpaired) electrons. The molecule has 19 heavy (non-hydrogen) atoms. The van der Waals surface area contributed by atoms with Crippen molar-refractivity contribution in [2.75, 3.05) is 0 Å². The van der Waals surface area contributed by atoms with E-state index in [4.69, 9.17) is 11.6 Å². The van der Waals surface area contributed by atoms with Gasteiger partial charge in [-0.3, -0.25) is 14.8 Å². The zero-order valence-electron chi connectivity index (χ0n) is 10.3. The Hall–Kier alpha value is -1.92. The molecule has 1 aromatic carbocycles. The topological polar surface area (TPSA) is 73.0 Å². The lowest BCUT2D eigenvalue weighted by Gasteiger charge is -2.05. The van der Waals surface area contributed by atoms with Crippen molar-refractivity contribution in [3.05, 3.63) is 56.9 Å². The lowest BCUT2D eigenvalue weighted by Crippen LogP contribution is -2.13. The maximum atomic E-state index is 10.6. The van der Waals surface area contributed by atoms with E-state index in [2.05, 4.69) is 10.4 Å². The number of nitrogens with zero attached hydrogens (tertiary/aromatic N) is 3. The van der Waals surface area contributed by atoms with Crippen molar-refractivity contribution in [1.29, 1.82) is 0 Å². The van der Waals surface area contributed by atoms with E-state index >= 15 is 0 Å². The van der Waals surface area contributed by atoms with Crippen molar-refractivity contribution < 1.29 is 4.92 Å². The fourth-order valence-electron chi connectivity index (χ4n) is 1.68. The van der Waals surface area contributed by atoms with Crippen LogP contribution in [0.15, 0.2) is 30.5 Å². The van der Waals surface area contributed by atoms with Crippen LogP contribution in [0, 0.1) is 10.1 Å². The maximum Gasteiger partial charge on any atom is 0.270 e. The summed E-state index contributed by atoms with van der Waals surface area (Å²) in [5.41, 5.74) is 1.75. The van der Waals surface area contributed by atoms with Crippen molar-refractivity contribution in [3.8, 4) is 0 Å². The molecule has 0 amide bonds. The molecule has 7 heteroatoms. The van der Waals surface area contributed by atoms with Crippen molar-refractivity contribution in [1.82, 2.24) is 15.1 Å². The Morgan fingerprint density at radius 1 is 1.42 bits per heavy atom. The highest BCUT2D eigenvalue weighted by atomic mass is 35.5. The molecule has 0 saturated carbocycles. The molecule has 1 aromatic heterocycles. The minimum absolute atomic E-state index is 0.00141. The number of nitrogens with one attached hydrogen (secondary N) is 1. The van der Waals surface area contributed by atoms with E-state index in [0.717, 1.165) is 11.3 Å². The van der Waals surface area contributed by atoms with Crippen molar-refractivity contribution in [2.45, 2.75) is 13.1 Å². The van der Waals surface area contributed by atoms with Crippen LogP contribution < -0.4 is 5.32 Å². The summed E-state index contributed by atoms with van der Waals surface area (Å²) in [5, 5.41) is 18.4. The first kappa shape index (κ1) is 13.5. The number of hydrogen-bond donors (Lipinski definition) is 1. The minimum Gasteiger partial charge on any atom is -0.307 e. The number of nitro benzene ring substituents is 1. The van der Waals surface area contributed by atoms with Crippen LogP contribution >= 0.6 is 11.6 Å². The SMILES string of the molecule is Cn1ccc(CNCc2ccc([N+](=O)[O-])cc2Cl)n1. The third-order valence-electron chi connectivity index (χ3n) is 2.64. The number of aryl methyl sites for hydroxylation is 1. The summed E-state index contributed by atoms with van der Waals surface area (Å²) in [4.78, 5) is 10.1. The predicted octanol–water partition coefficient (Wildman–Crippen LogP) is 2.27. The Labute approximate surface area is 115 Å². The van der Waals surface area contributed by atoms with Gasteiger partial charge in [0.1, 0.15) is 0 Å². The molecule has 0 saturated heterocycles. The molecule has 0 bridgehead atoms. The van der Waals surface area contributed by atoms with E-state index in [1.807, 2.05) is 19.3 Å². The number of benzene rings is 1. The molecule has 0 aliphatic carbocycles. The first-order valence-corrected chi connectivity index (χ1v) is 6.06. The number of non-ortho nitro benzene ring substituents is 1. The number of halogens is 1. The average Bonchev–Trinajstić information content (AvgIpc) is 2.77. The molecule has 1 heterocycles. The summed E-state index contributed by atoms with van der Waals surface area (Å²) >= 11 is 6.00. The van der Waals surface area contributed by atoms with Crippen LogP contribution in [0.1, 0.15) is 11.3 Å². The zero-order chi connectivity index (χ0) is 13.8. The molecule has 0 spiro atoms. The van der Waals surface area contributed by atoms with Crippen LogP contribution in [0.4, 0.5) is 5.69 Å². The summed E-state index contributed by atoms with van der Waals surface area (Å²) in [5.74, 6) is 0. The highest BCUT2D eigenvalue weighted by Crippen LogP contribution is 2.22. The number of aromatic nitrogens is 2. The molecule has 6 nitrogen and oxygen atoms in total. The van der Waals surface area contributed by atoms with Gasteiger partial charge in [0, 0.05) is 38.5 Å². The minimum atomic E-state index is -0.461. The zero-order valence-corrected chi connectivity index (χ0v) is 11.1. The molecule has 0 aliphatic heterocycles. The van der Waals surface area contributed by atoms with Gasteiger partial charge in [-0.1, -0.05) is 11.6 Å². The quantitative estimate of drug-likeness (QED) is 0.673. The highest BCUT2D eigenvalue weighted by molar-refractivity contribution is 6.31. The Bertz CT molecular complexity index is 597. The Morgan fingerprint density at radius 3 is 2.79 bits per heavy atom. The monoisotopic (exact) mass is 280 g/mol. The molecule has 0 fully saturated rings. The second-order valence-corrected chi connectivity index (χ2v) is 4.52. The van der Waals surface area contributed by atoms with Gasteiger partial charge in [-0.05, 0) is 17.7 Å². The smallest absolute Gasteiger partial charge is 0.270 e. The molecular formula is C12H13ClN4O2. The molecule has 0 atom stereocenters. The number of nitro groups is 1. The van der Waals surface area contributed by atoms with Crippen LogP contribution in [0.5, 0.6) is 0 Å². The largest absolute Gasteiger partial charge is 0.307 e. The fraction of sp³-hybridized carbons (Fsp3) is 0.250. The normalized spacial score (nSPS) is 10.6. The van der Waals surface area contributed by atoms with E-state index < -0.39 is 4.92 Å². The van der Waals surface area contributed by atoms with Crippen molar-refractivity contribution in [3.63, 3.8) is 0 Å². The third kappa shape index (κ3) is 3.52. The summed E-state index contributed by atoms with van der Waals surface area (Å²) in [7, 11) is 1.86. The molecule has 0 aliphatic rings. The standard InChI is InChI=1S/C12H13ClN4O2/c1-16-5-4-10(15-16)8-14-7-9-2-3-11(17(18)19)6-12(9)13/h2-6,14H,7-8H2,1H3. The van der Waals surface area contributed by atoms with E-state index in [1.54, 1.807) is 10.7 Å². The van der Waals surface area contributed by atoms with Crippen molar-refractivity contribution in [2.24, 2.45) is 7.05 Å². The summed E-state index contributed by atoms with van der Waals surface area (Å²) in [6.07, 6.45) is 1.87. The van der Waals surface area contributed by atoms with Crippen LogP contribution in [0.25, 0.3) is 0 Å². The Balaban J connectivity index is 1.94. The van der Waals surface area contributed by atoms with Gasteiger partial charge in [0.15, 0.2) is 0 Å². The van der Waals surface area contributed by atoms with Crippen LogP contribution in [-0.4, -0.2) is 14.7 Å². The fourth-order valence-corrected chi connectivity index (χ4v) is 1.92. The molecule has 2 rings (SSSR count). The lowest BCUT2D eigenvalue weighted by molar-refractivity contribution is -0.384. The Morgan fingerprint density at radius 2 is 2.21 bits per heavy atom. The molecule has 1 N–H and O–H groups in total. The summed E-state index contributed by atoms with van der Waals surface area (Å²) in [6.45, 7) is 1.15. The second-order valence-electron chi connectivity index (χ2n) is 4.12. The third-order valence-corrected chi connectivity index (χ3v) is 2.99. The van der Waals surface area contributed by atoms with Gasteiger partial charge >= 0.3 is 0 Å². The van der Waals surface area contributed by atoms with Gasteiger partial charge < -0.3 is 5.32 Å². The van der Waals surface area contributed by atoms with Crippen LogP contribution in [-0.2, 0) is 20.1 Å². The molecular weight excluding hydrogens is 268 g/mol. The summed E-state index contributed by atoms with van der Waals surface area (Å²) < 4.78 is 1.73. The number of rotatable bonds is 5. The van der Waals surface area contributed by atoms with Gasteiger partial charge in [0.05, 0.1) is 15.6 Å². The van der Waals surface area contributed by atoms with Gasteiger partial charge in [-0.25, -0.2) is 0 Å². The first-order valence-electron chi connectivity index (χ1n) is 5.68. The van der Waals surface area contributed by atoms with Gasteiger partial charge in [-0.15, -0.1) is 0 Å².